The molecule has 1 N–H and O–H groups in total. The Kier molecular flexibility index (Phi) is 10.6. The van der Waals surface area contributed by atoms with Crippen molar-refractivity contribution in [3.05, 3.63) is 102 Å². The van der Waals surface area contributed by atoms with Crippen LogP contribution >= 0.6 is 8.03 Å². The second kappa shape index (κ2) is 14.1. The van der Waals surface area contributed by atoms with E-state index >= 15 is 0 Å². The minimum atomic E-state index is -2.07. The van der Waals surface area contributed by atoms with E-state index in [0.29, 0.717) is 24.5 Å². The molecule has 0 aromatic heterocycles. The lowest BCUT2D eigenvalue weighted by Crippen LogP contribution is -2.31. The number of benzene rings is 3. The second-order valence-electron chi connectivity index (χ2n) is 7.67. The molecule has 2 unspecified atom stereocenters. The van der Waals surface area contributed by atoms with Crippen LogP contribution in [-0.2, 0) is 36.4 Å². The fraction of sp³-hybridized carbons (Fsp3) is 0.259. The van der Waals surface area contributed by atoms with Crippen LogP contribution in [0.3, 0.4) is 0 Å². The number of amides is 1. The van der Waals surface area contributed by atoms with E-state index in [4.69, 9.17) is 14.0 Å². The van der Waals surface area contributed by atoms with Crippen LogP contribution in [0, 0.1) is 0 Å². The molecule has 0 spiro atoms. The highest BCUT2D eigenvalue weighted by Gasteiger charge is 2.31. The van der Waals surface area contributed by atoms with Gasteiger partial charge in [-0.2, -0.15) is 0 Å². The van der Waals surface area contributed by atoms with Crippen molar-refractivity contribution in [2.75, 3.05) is 24.7 Å². The first-order valence-corrected chi connectivity index (χ1v) is 12.8. The Labute approximate surface area is 206 Å². The van der Waals surface area contributed by atoms with Crippen molar-refractivity contribution in [2.24, 2.45) is 0 Å². The summed E-state index contributed by atoms with van der Waals surface area (Å²) in [6.07, 6.45) is -0.466. The summed E-state index contributed by atoms with van der Waals surface area (Å²) in [5.74, 6) is -0.878. The summed E-state index contributed by atoms with van der Waals surface area (Å²) >= 11 is 0. The molecule has 1 amide bonds. The zero-order chi connectivity index (χ0) is 24.9. The van der Waals surface area contributed by atoms with E-state index in [1.54, 1.807) is 24.3 Å². The van der Waals surface area contributed by atoms with Crippen molar-refractivity contribution < 1.29 is 28.2 Å². The van der Waals surface area contributed by atoms with Gasteiger partial charge in [-0.1, -0.05) is 60.7 Å². The van der Waals surface area contributed by atoms with E-state index in [2.05, 4.69) is 5.32 Å². The predicted octanol–water partition coefficient (Wildman–Crippen LogP) is 5.39. The van der Waals surface area contributed by atoms with E-state index < -0.39 is 26.0 Å². The fourth-order valence-electron chi connectivity index (χ4n) is 3.20. The first kappa shape index (κ1) is 26.2. The number of carbonyl (C=O) groups is 2. The zero-order valence-electron chi connectivity index (χ0n) is 19.6. The van der Waals surface area contributed by atoms with Gasteiger partial charge in [0.1, 0.15) is 6.61 Å². The Hall–Kier alpha value is -3.38. The molecule has 3 rings (SSSR count). The van der Waals surface area contributed by atoms with Gasteiger partial charge in [0.25, 0.3) is 5.91 Å². The summed E-state index contributed by atoms with van der Waals surface area (Å²) < 4.78 is 28.6. The van der Waals surface area contributed by atoms with Crippen LogP contribution in [0.15, 0.2) is 84.9 Å². The molecule has 0 aliphatic rings. The molecule has 0 radical (unpaired) electrons. The zero-order valence-corrected chi connectivity index (χ0v) is 20.5. The molecular weight excluding hydrogens is 465 g/mol. The number of hydrogen-bond acceptors (Lipinski definition) is 6. The van der Waals surface area contributed by atoms with Gasteiger partial charge in [0.15, 0.2) is 6.10 Å². The number of nitrogens with one attached hydrogen (secondary N) is 1. The van der Waals surface area contributed by atoms with Crippen LogP contribution in [0.4, 0.5) is 5.69 Å². The van der Waals surface area contributed by atoms with Crippen molar-refractivity contribution in [1.82, 2.24) is 0 Å². The van der Waals surface area contributed by atoms with Crippen molar-refractivity contribution in [3.8, 4) is 0 Å². The lowest BCUT2D eigenvalue weighted by atomic mass is 10.1. The van der Waals surface area contributed by atoms with Gasteiger partial charge < -0.3 is 14.8 Å². The lowest BCUT2D eigenvalue weighted by Gasteiger charge is -2.13. The Morgan fingerprint density at radius 2 is 1.51 bits per heavy atom. The maximum absolute atomic E-state index is 13.0. The largest absolute Gasteiger partial charge is 0.511 e. The lowest BCUT2D eigenvalue weighted by molar-refractivity contribution is -0.122. The minimum Gasteiger partial charge on any atom is -0.457 e. The van der Waals surface area contributed by atoms with Gasteiger partial charge in [-0.3, -0.25) is 4.79 Å². The number of carbonyl (C=O) groups excluding carboxylic acids is 2. The Morgan fingerprint density at radius 3 is 2.14 bits per heavy atom. The summed E-state index contributed by atoms with van der Waals surface area (Å²) in [6.45, 7) is 2.85. The minimum absolute atomic E-state index is 0.179. The normalized spacial score (nSPS) is 12.0. The predicted molar refractivity (Wildman–Crippen MR) is 135 cm³/mol. The van der Waals surface area contributed by atoms with Gasteiger partial charge in [0.2, 0.25) is 6.16 Å². The standard InChI is InChI=1S/C27H28NO6P/c1-2-32-17-18-35(31)34-25(19-21-9-5-3-6-10-21)26(29)28-24-15-13-23(14-16-24)27(30)33-20-22-11-7-4-8-12-22/h3-16,25H,2,17-20H2,1H3/p+1. The number of anilines is 1. The third-order valence-electron chi connectivity index (χ3n) is 5.02. The molecule has 3 aromatic carbocycles. The van der Waals surface area contributed by atoms with Crippen LogP contribution in [0.5, 0.6) is 0 Å². The molecular formula is C27H29NO6P+. The van der Waals surface area contributed by atoms with E-state index in [9.17, 15) is 14.2 Å². The molecule has 0 saturated carbocycles. The Balaban J connectivity index is 1.60. The summed E-state index contributed by atoms with van der Waals surface area (Å²) in [5, 5.41) is 2.78. The average Bonchev–Trinajstić information content (AvgIpc) is 2.88. The van der Waals surface area contributed by atoms with Crippen LogP contribution in [0.2, 0.25) is 0 Å². The maximum atomic E-state index is 13.0. The molecule has 0 fully saturated rings. The molecule has 0 bridgehead atoms. The summed E-state index contributed by atoms with van der Waals surface area (Å²) in [7, 11) is -2.07. The second-order valence-corrected chi connectivity index (χ2v) is 8.99. The highest BCUT2D eigenvalue weighted by Crippen LogP contribution is 2.26. The molecule has 35 heavy (non-hydrogen) atoms. The van der Waals surface area contributed by atoms with Crippen LogP contribution in [0.25, 0.3) is 0 Å². The van der Waals surface area contributed by atoms with Crippen molar-refractivity contribution >= 4 is 25.6 Å². The highest BCUT2D eigenvalue weighted by molar-refractivity contribution is 7.39. The maximum Gasteiger partial charge on any atom is 0.511 e. The molecule has 0 saturated heterocycles. The third kappa shape index (κ3) is 9.06. The van der Waals surface area contributed by atoms with Gasteiger partial charge in [-0.15, -0.1) is 4.52 Å². The Bertz CT molecular complexity index is 1090. The van der Waals surface area contributed by atoms with E-state index in [-0.39, 0.29) is 19.2 Å². The van der Waals surface area contributed by atoms with E-state index in [1.807, 2.05) is 67.6 Å². The SMILES string of the molecule is CCOCC[P+](=O)OC(Cc1ccccc1)C(=O)Nc1ccc(C(=O)OCc2ccccc2)cc1. The molecule has 7 nitrogen and oxygen atoms in total. The third-order valence-corrected chi connectivity index (χ3v) is 6.06. The van der Waals surface area contributed by atoms with Crippen molar-refractivity contribution in [2.45, 2.75) is 26.1 Å². The summed E-state index contributed by atoms with van der Waals surface area (Å²) in [6, 6.07) is 25.2. The average molecular weight is 495 g/mol. The van der Waals surface area contributed by atoms with Gasteiger partial charge in [-0.25, -0.2) is 4.79 Å². The smallest absolute Gasteiger partial charge is 0.457 e. The van der Waals surface area contributed by atoms with E-state index in [0.717, 1.165) is 11.1 Å². The molecule has 182 valence electrons. The Morgan fingerprint density at radius 1 is 0.886 bits per heavy atom. The molecule has 0 heterocycles. The fourth-order valence-corrected chi connectivity index (χ4v) is 4.04. The summed E-state index contributed by atoms with van der Waals surface area (Å²) in [4.78, 5) is 25.3. The number of esters is 1. The van der Waals surface area contributed by atoms with Crippen molar-refractivity contribution in [1.29, 1.82) is 0 Å². The van der Waals surface area contributed by atoms with Crippen molar-refractivity contribution in [3.63, 3.8) is 0 Å². The number of rotatable bonds is 13. The topological polar surface area (TPSA) is 90.9 Å². The van der Waals surface area contributed by atoms with Crippen LogP contribution in [0.1, 0.15) is 28.4 Å². The van der Waals surface area contributed by atoms with Gasteiger partial charge in [0.05, 0.1) is 12.2 Å². The molecule has 8 heteroatoms. The van der Waals surface area contributed by atoms with Crippen LogP contribution in [-0.4, -0.2) is 37.4 Å². The van der Waals surface area contributed by atoms with Gasteiger partial charge in [-0.05, 0) is 46.9 Å². The molecule has 2 atom stereocenters. The number of hydrogen-bond donors (Lipinski definition) is 1. The molecule has 0 aliphatic carbocycles. The quantitative estimate of drug-likeness (QED) is 0.195. The van der Waals surface area contributed by atoms with Crippen LogP contribution < -0.4 is 5.32 Å². The first-order valence-electron chi connectivity index (χ1n) is 11.4. The monoisotopic (exact) mass is 494 g/mol. The van der Waals surface area contributed by atoms with E-state index in [1.165, 1.54) is 0 Å². The summed E-state index contributed by atoms with van der Waals surface area (Å²) in [5.41, 5.74) is 2.64. The van der Waals surface area contributed by atoms with Gasteiger partial charge >= 0.3 is 14.0 Å². The molecule has 0 aliphatic heterocycles. The van der Waals surface area contributed by atoms with Gasteiger partial charge in [0, 0.05) is 18.7 Å². The first-order chi connectivity index (χ1) is 17.0. The number of ether oxygens (including phenoxy) is 2. The molecule has 3 aromatic rings. The highest BCUT2D eigenvalue weighted by atomic mass is 31.1.